The lowest BCUT2D eigenvalue weighted by Crippen LogP contribution is -2.26. The van der Waals surface area contributed by atoms with E-state index in [-0.39, 0.29) is 11.9 Å². The smallest absolute Gasteiger partial charge is 0.172 e. The van der Waals surface area contributed by atoms with Crippen LogP contribution in [0.3, 0.4) is 0 Å². The van der Waals surface area contributed by atoms with Crippen molar-refractivity contribution >= 4 is 11.3 Å². The Morgan fingerprint density at radius 3 is 2.64 bits per heavy atom. The lowest BCUT2D eigenvalue weighted by Gasteiger charge is -2.37. The Kier molecular flexibility index (Phi) is 3.90. The van der Waals surface area contributed by atoms with E-state index in [1.807, 2.05) is 6.07 Å². The van der Waals surface area contributed by atoms with Gasteiger partial charge in [-0.3, -0.25) is 0 Å². The van der Waals surface area contributed by atoms with Crippen LogP contribution < -0.4 is 14.8 Å². The van der Waals surface area contributed by atoms with Crippen LogP contribution >= 0.6 is 0 Å². The van der Waals surface area contributed by atoms with Crippen LogP contribution in [0.5, 0.6) is 17.2 Å². The van der Waals surface area contributed by atoms with Crippen LogP contribution in [0, 0.1) is 5.92 Å². The van der Waals surface area contributed by atoms with Crippen LogP contribution in [0.1, 0.15) is 43.9 Å². The fraction of sp³-hybridized carbons (Fsp3) is 0.333. The highest BCUT2D eigenvalue weighted by molar-refractivity contribution is 5.91. The van der Waals surface area contributed by atoms with Crippen LogP contribution in [0.15, 0.2) is 42.5 Å². The Labute approximate surface area is 165 Å². The highest BCUT2D eigenvalue weighted by atomic mass is 16.5. The van der Waals surface area contributed by atoms with Gasteiger partial charge in [-0.05, 0) is 56.0 Å². The third-order valence-corrected chi connectivity index (χ3v) is 6.11. The van der Waals surface area contributed by atoms with Gasteiger partial charge in [-0.1, -0.05) is 24.3 Å². The van der Waals surface area contributed by atoms with Gasteiger partial charge in [0.25, 0.3) is 0 Å². The topological polar surface area (TPSA) is 50.7 Å². The van der Waals surface area contributed by atoms with Gasteiger partial charge in [0.15, 0.2) is 11.5 Å². The van der Waals surface area contributed by atoms with E-state index in [1.54, 1.807) is 13.2 Å². The van der Waals surface area contributed by atoms with Gasteiger partial charge >= 0.3 is 0 Å². The van der Waals surface area contributed by atoms with Crippen molar-refractivity contribution in [1.29, 1.82) is 0 Å². The van der Waals surface area contributed by atoms with Crippen molar-refractivity contribution in [3.05, 3.63) is 53.6 Å². The molecule has 2 aromatic rings. The van der Waals surface area contributed by atoms with Crippen molar-refractivity contribution in [2.75, 3.05) is 12.4 Å². The van der Waals surface area contributed by atoms with Gasteiger partial charge in [0.2, 0.25) is 0 Å². The molecule has 2 aliphatic heterocycles. The molecule has 0 saturated heterocycles. The quantitative estimate of drug-likeness (QED) is 0.663. The molecule has 0 amide bonds. The minimum Gasteiger partial charge on any atom is -0.504 e. The molecule has 2 aromatic carbocycles. The summed E-state index contributed by atoms with van der Waals surface area (Å²) in [4.78, 5) is 0. The van der Waals surface area contributed by atoms with Gasteiger partial charge in [-0.25, -0.2) is 0 Å². The number of phenolic OH excluding ortho intramolecular Hbond substituents is 1. The lowest BCUT2D eigenvalue weighted by atomic mass is 9.79. The summed E-state index contributed by atoms with van der Waals surface area (Å²) in [5.41, 5.74) is 6.77. The molecule has 144 valence electrons. The first-order valence-electron chi connectivity index (χ1n) is 9.92. The van der Waals surface area contributed by atoms with E-state index in [2.05, 4.69) is 49.5 Å². The maximum absolute atomic E-state index is 10.4. The second kappa shape index (κ2) is 6.33. The second-order valence-electron chi connectivity index (χ2n) is 7.96. The first kappa shape index (κ1) is 17.2. The molecule has 2 atom stereocenters. The summed E-state index contributed by atoms with van der Waals surface area (Å²) >= 11 is 0. The van der Waals surface area contributed by atoms with E-state index in [9.17, 15) is 5.11 Å². The zero-order valence-electron chi connectivity index (χ0n) is 16.5. The molecule has 3 aliphatic rings. The van der Waals surface area contributed by atoms with Crippen LogP contribution in [0.2, 0.25) is 0 Å². The first-order chi connectivity index (χ1) is 13.6. The zero-order valence-corrected chi connectivity index (χ0v) is 16.5. The van der Waals surface area contributed by atoms with E-state index >= 15 is 0 Å². The summed E-state index contributed by atoms with van der Waals surface area (Å²) in [5, 5.41) is 14.0. The number of phenols is 1. The molecule has 0 aromatic heterocycles. The molecule has 0 radical (unpaired) electrons. The highest BCUT2D eigenvalue weighted by Crippen LogP contribution is 2.55. The number of methoxy groups -OCH3 is 1. The Balaban J connectivity index is 1.80. The van der Waals surface area contributed by atoms with E-state index in [0.29, 0.717) is 17.7 Å². The number of benzene rings is 2. The number of aromatic hydroxyl groups is 1. The van der Waals surface area contributed by atoms with Gasteiger partial charge < -0.3 is 19.9 Å². The summed E-state index contributed by atoms with van der Waals surface area (Å²) in [6.45, 7) is 4.34. The van der Waals surface area contributed by atoms with Gasteiger partial charge in [-0.2, -0.15) is 0 Å². The van der Waals surface area contributed by atoms with Gasteiger partial charge in [0.05, 0.1) is 12.7 Å². The predicted molar refractivity (Wildman–Crippen MR) is 112 cm³/mol. The largest absolute Gasteiger partial charge is 0.504 e. The van der Waals surface area contributed by atoms with Crippen molar-refractivity contribution in [1.82, 2.24) is 0 Å². The zero-order chi connectivity index (χ0) is 19.4. The molecule has 4 nitrogen and oxygen atoms in total. The molecule has 0 bridgehead atoms. The summed E-state index contributed by atoms with van der Waals surface area (Å²) in [6.07, 6.45) is 8.77. The number of anilines is 1. The molecule has 2 heterocycles. The Morgan fingerprint density at radius 2 is 1.89 bits per heavy atom. The van der Waals surface area contributed by atoms with Crippen molar-refractivity contribution < 1.29 is 14.6 Å². The fourth-order valence-electron chi connectivity index (χ4n) is 4.95. The van der Waals surface area contributed by atoms with Gasteiger partial charge in [-0.15, -0.1) is 0 Å². The van der Waals surface area contributed by atoms with Gasteiger partial charge in [0, 0.05) is 28.8 Å². The molecule has 5 rings (SSSR count). The van der Waals surface area contributed by atoms with Crippen molar-refractivity contribution in [2.45, 2.75) is 38.8 Å². The molecular weight excluding hydrogens is 350 g/mol. The SMILES string of the molecule is COc1c(O)ccc2c1-c1ccc3c(c1C(C1CC=CC1)O2)C(C)=CC(C)N3. The Hall–Kier alpha value is -2.88. The monoisotopic (exact) mass is 375 g/mol. The van der Waals surface area contributed by atoms with Crippen molar-refractivity contribution in [2.24, 2.45) is 5.92 Å². The maximum Gasteiger partial charge on any atom is 0.172 e. The van der Waals surface area contributed by atoms with Crippen molar-refractivity contribution in [3.8, 4) is 28.4 Å². The number of ether oxygens (including phenoxy) is 2. The normalized spacial score (nSPS) is 22.5. The number of hydrogen-bond acceptors (Lipinski definition) is 4. The number of rotatable bonds is 2. The molecule has 0 spiro atoms. The first-order valence-corrected chi connectivity index (χ1v) is 9.92. The van der Waals surface area contributed by atoms with Crippen molar-refractivity contribution in [3.63, 3.8) is 0 Å². The lowest BCUT2D eigenvalue weighted by molar-refractivity contribution is 0.137. The molecule has 1 aliphatic carbocycles. The Bertz CT molecular complexity index is 1010. The molecule has 2 unspecified atom stereocenters. The van der Waals surface area contributed by atoms with Crippen LogP contribution in [0.4, 0.5) is 5.69 Å². The predicted octanol–water partition coefficient (Wildman–Crippen LogP) is 5.68. The van der Waals surface area contributed by atoms with Crippen LogP contribution in [-0.4, -0.2) is 18.3 Å². The molecular formula is C24H25NO3. The molecule has 4 heteroatoms. The average Bonchev–Trinajstić information content (AvgIpc) is 3.21. The minimum absolute atomic E-state index is 0.0275. The Morgan fingerprint density at radius 1 is 1.11 bits per heavy atom. The number of fused-ring (bicyclic) bond motifs is 5. The third kappa shape index (κ3) is 2.44. The number of nitrogens with one attached hydrogen (secondary N) is 1. The maximum atomic E-state index is 10.4. The summed E-state index contributed by atoms with van der Waals surface area (Å²) in [5.74, 6) is 1.79. The second-order valence-corrected chi connectivity index (χ2v) is 7.96. The summed E-state index contributed by atoms with van der Waals surface area (Å²) in [6, 6.07) is 8.09. The standard InChI is InChI=1S/C24H25NO3/c1-13-12-14(2)25-17-9-8-16-21-19(11-10-18(26)24(21)27-3)28-23(22(16)20(13)17)15-6-4-5-7-15/h4-5,8-12,14-15,23,25-26H,6-7H2,1-3H3. The highest BCUT2D eigenvalue weighted by Gasteiger charge is 2.38. The van der Waals surface area contributed by atoms with E-state index in [1.165, 1.54) is 16.7 Å². The average molecular weight is 375 g/mol. The molecule has 0 saturated carbocycles. The number of hydrogen-bond donors (Lipinski definition) is 2. The summed E-state index contributed by atoms with van der Waals surface area (Å²) in [7, 11) is 1.59. The van der Waals surface area contributed by atoms with Crippen LogP contribution in [0.25, 0.3) is 16.7 Å². The van der Waals surface area contributed by atoms with Crippen LogP contribution in [-0.2, 0) is 0 Å². The fourth-order valence-corrected chi connectivity index (χ4v) is 4.95. The molecule has 28 heavy (non-hydrogen) atoms. The third-order valence-electron chi connectivity index (χ3n) is 6.11. The number of allylic oxidation sites excluding steroid dienone is 3. The minimum atomic E-state index is -0.0275. The molecule has 2 N–H and O–H groups in total. The van der Waals surface area contributed by atoms with E-state index in [0.717, 1.165) is 35.4 Å². The van der Waals surface area contributed by atoms with Gasteiger partial charge in [0.1, 0.15) is 11.9 Å². The molecule has 0 fully saturated rings. The summed E-state index contributed by atoms with van der Waals surface area (Å²) < 4.78 is 12.2. The van der Waals surface area contributed by atoms with E-state index in [4.69, 9.17) is 9.47 Å². The van der Waals surface area contributed by atoms with E-state index < -0.39 is 0 Å².